The van der Waals surface area contributed by atoms with Gasteiger partial charge in [0.25, 0.3) is 0 Å². The van der Waals surface area contributed by atoms with Gasteiger partial charge in [-0.1, -0.05) is 19.0 Å². The predicted octanol–water partition coefficient (Wildman–Crippen LogP) is 1.66. The lowest BCUT2D eigenvalue weighted by Crippen LogP contribution is -2.07. The number of rotatable bonds is 3. The Kier molecular flexibility index (Phi) is 3.03. The van der Waals surface area contributed by atoms with Crippen LogP contribution in [0, 0.1) is 10.1 Å². The molecule has 15 heavy (non-hydrogen) atoms. The summed E-state index contributed by atoms with van der Waals surface area (Å²) in [6, 6.07) is 0. The van der Waals surface area contributed by atoms with E-state index in [2.05, 4.69) is 10.5 Å². The lowest BCUT2D eigenvalue weighted by Gasteiger charge is -1.97. The Morgan fingerprint density at radius 1 is 1.60 bits per heavy atom. The van der Waals surface area contributed by atoms with E-state index in [1.165, 1.54) is 6.92 Å². The molecule has 0 saturated heterocycles. The van der Waals surface area contributed by atoms with Gasteiger partial charge in [-0.2, -0.15) is 0 Å². The molecular weight excluding hydrogens is 202 g/mol. The standard InChI is InChI=1S/C8H11N3O4/c1-4(2)6-7(11(13)14)8(15-10-6)9-5(3)12/h4H,1-3H3,(H,9,12). The maximum Gasteiger partial charge on any atom is 0.356 e. The number of nitrogens with zero attached hydrogens (tertiary/aromatic N) is 2. The van der Waals surface area contributed by atoms with Gasteiger partial charge in [0.15, 0.2) is 5.69 Å². The van der Waals surface area contributed by atoms with E-state index in [0.29, 0.717) is 0 Å². The molecule has 1 amide bonds. The van der Waals surface area contributed by atoms with Crippen molar-refractivity contribution in [1.29, 1.82) is 0 Å². The SMILES string of the molecule is CC(=O)Nc1onc(C(C)C)c1[N+](=O)[O-]. The molecule has 0 unspecified atom stereocenters. The summed E-state index contributed by atoms with van der Waals surface area (Å²) in [6.45, 7) is 4.74. The molecule has 82 valence electrons. The van der Waals surface area contributed by atoms with Crippen molar-refractivity contribution in [1.82, 2.24) is 5.16 Å². The van der Waals surface area contributed by atoms with Crippen LogP contribution in [0.15, 0.2) is 4.52 Å². The maximum atomic E-state index is 10.7. The van der Waals surface area contributed by atoms with Gasteiger partial charge in [0.05, 0.1) is 4.92 Å². The molecule has 0 saturated carbocycles. The molecule has 1 aromatic rings. The van der Waals surface area contributed by atoms with Crippen LogP contribution >= 0.6 is 0 Å². The lowest BCUT2D eigenvalue weighted by molar-refractivity contribution is -0.385. The summed E-state index contributed by atoms with van der Waals surface area (Å²) in [6.07, 6.45) is 0. The largest absolute Gasteiger partial charge is 0.356 e. The van der Waals surface area contributed by atoms with Gasteiger partial charge in [-0.3, -0.25) is 20.2 Å². The second-order valence-corrected chi connectivity index (χ2v) is 3.34. The molecule has 1 aromatic heterocycles. The molecule has 1 rings (SSSR count). The minimum Gasteiger partial charge on any atom is -0.330 e. The summed E-state index contributed by atoms with van der Waals surface area (Å²) in [5.41, 5.74) is -0.0519. The van der Waals surface area contributed by atoms with Gasteiger partial charge < -0.3 is 4.52 Å². The van der Waals surface area contributed by atoms with E-state index in [9.17, 15) is 14.9 Å². The van der Waals surface area contributed by atoms with Crippen molar-refractivity contribution >= 4 is 17.5 Å². The Morgan fingerprint density at radius 3 is 2.60 bits per heavy atom. The minimum absolute atomic E-state index is 0.142. The fourth-order valence-corrected chi connectivity index (χ4v) is 1.09. The van der Waals surface area contributed by atoms with Crippen molar-refractivity contribution in [2.75, 3.05) is 5.32 Å². The molecule has 7 heteroatoms. The molecule has 0 fully saturated rings. The number of hydrogen-bond donors (Lipinski definition) is 1. The molecule has 1 heterocycles. The fraction of sp³-hybridized carbons (Fsp3) is 0.500. The molecule has 0 aliphatic heterocycles. The smallest absolute Gasteiger partial charge is 0.330 e. The highest BCUT2D eigenvalue weighted by atomic mass is 16.6. The Labute approximate surface area is 85.6 Å². The summed E-state index contributed by atoms with van der Waals surface area (Å²) in [4.78, 5) is 20.9. The average molecular weight is 213 g/mol. The topological polar surface area (TPSA) is 98.3 Å². The van der Waals surface area contributed by atoms with Crippen LogP contribution in [-0.2, 0) is 4.79 Å². The zero-order chi connectivity index (χ0) is 11.6. The molecule has 0 aromatic carbocycles. The van der Waals surface area contributed by atoms with E-state index in [4.69, 9.17) is 4.52 Å². The van der Waals surface area contributed by atoms with E-state index >= 15 is 0 Å². The van der Waals surface area contributed by atoms with Crippen LogP contribution in [0.4, 0.5) is 11.6 Å². The van der Waals surface area contributed by atoms with Crippen LogP contribution in [0.1, 0.15) is 32.4 Å². The first-order chi connectivity index (χ1) is 6.93. The third-order valence-corrected chi connectivity index (χ3v) is 1.71. The summed E-state index contributed by atoms with van der Waals surface area (Å²) in [7, 11) is 0. The van der Waals surface area contributed by atoms with Crippen LogP contribution < -0.4 is 5.32 Å². The van der Waals surface area contributed by atoms with Gasteiger partial charge in [-0.05, 0) is 0 Å². The van der Waals surface area contributed by atoms with E-state index < -0.39 is 10.8 Å². The molecule has 7 nitrogen and oxygen atoms in total. The third-order valence-electron chi connectivity index (χ3n) is 1.71. The van der Waals surface area contributed by atoms with Crippen molar-refractivity contribution < 1.29 is 14.2 Å². The zero-order valence-electron chi connectivity index (χ0n) is 8.60. The molecule has 0 bridgehead atoms. The molecule has 0 aliphatic carbocycles. The second-order valence-electron chi connectivity index (χ2n) is 3.34. The monoisotopic (exact) mass is 213 g/mol. The number of hydrogen-bond acceptors (Lipinski definition) is 5. The minimum atomic E-state index is -0.614. The highest BCUT2D eigenvalue weighted by molar-refractivity contribution is 5.89. The van der Waals surface area contributed by atoms with Crippen LogP contribution in [0.3, 0.4) is 0 Å². The molecular formula is C8H11N3O4. The Morgan fingerprint density at radius 2 is 2.20 bits per heavy atom. The van der Waals surface area contributed by atoms with Crippen LogP contribution in [0.5, 0.6) is 0 Å². The maximum absolute atomic E-state index is 10.7. The van der Waals surface area contributed by atoms with Crippen molar-refractivity contribution in [3.8, 4) is 0 Å². The quantitative estimate of drug-likeness (QED) is 0.608. The fourth-order valence-electron chi connectivity index (χ4n) is 1.09. The predicted molar refractivity (Wildman–Crippen MR) is 51.6 cm³/mol. The highest BCUT2D eigenvalue weighted by Crippen LogP contribution is 2.32. The summed E-state index contributed by atoms with van der Waals surface area (Å²) in [5.74, 6) is -0.794. The van der Waals surface area contributed by atoms with Crippen LogP contribution in [0.25, 0.3) is 0 Å². The zero-order valence-corrected chi connectivity index (χ0v) is 8.60. The van der Waals surface area contributed by atoms with Crippen LogP contribution in [-0.4, -0.2) is 16.0 Å². The number of carbonyl (C=O) groups is 1. The van der Waals surface area contributed by atoms with E-state index in [1.807, 2.05) is 0 Å². The molecule has 1 N–H and O–H groups in total. The number of carbonyl (C=O) groups excluding carboxylic acids is 1. The molecule has 0 aliphatic rings. The first kappa shape index (κ1) is 11.2. The highest BCUT2D eigenvalue weighted by Gasteiger charge is 2.29. The number of amides is 1. The Hall–Kier alpha value is -1.92. The van der Waals surface area contributed by atoms with Crippen molar-refractivity contribution in [3.05, 3.63) is 15.8 Å². The number of nitrogens with one attached hydrogen (secondary N) is 1. The van der Waals surface area contributed by atoms with E-state index in [0.717, 1.165) is 0 Å². The molecule has 0 spiro atoms. The summed E-state index contributed by atoms with van der Waals surface area (Å²) < 4.78 is 4.71. The number of anilines is 1. The van der Waals surface area contributed by atoms with Crippen molar-refractivity contribution in [3.63, 3.8) is 0 Å². The number of nitro groups is 1. The number of aromatic nitrogens is 1. The van der Waals surface area contributed by atoms with Crippen molar-refractivity contribution in [2.24, 2.45) is 0 Å². The van der Waals surface area contributed by atoms with Gasteiger partial charge in [0, 0.05) is 12.8 Å². The Balaban J connectivity index is 3.18. The van der Waals surface area contributed by atoms with Gasteiger partial charge in [0.1, 0.15) is 0 Å². The lowest BCUT2D eigenvalue weighted by atomic mass is 10.1. The van der Waals surface area contributed by atoms with E-state index in [1.54, 1.807) is 13.8 Å². The first-order valence-corrected chi connectivity index (χ1v) is 4.35. The van der Waals surface area contributed by atoms with E-state index in [-0.39, 0.29) is 23.2 Å². The first-order valence-electron chi connectivity index (χ1n) is 4.35. The van der Waals surface area contributed by atoms with Crippen molar-refractivity contribution in [2.45, 2.75) is 26.7 Å². The van der Waals surface area contributed by atoms with Gasteiger partial charge in [0.2, 0.25) is 5.91 Å². The second kappa shape index (κ2) is 4.07. The summed E-state index contributed by atoms with van der Waals surface area (Å²) >= 11 is 0. The van der Waals surface area contributed by atoms with Gasteiger partial charge >= 0.3 is 11.6 Å². The van der Waals surface area contributed by atoms with Gasteiger partial charge in [-0.25, -0.2) is 0 Å². The third kappa shape index (κ3) is 2.30. The van der Waals surface area contributed by atoms with Crippen LogP contribution in [0.2, 0.25) is 0 Å². The molecule has 0 atom stereocenters. The average Bonchev–Trinajstić information content (AvgIpc) is 2.46. The molecule has 0 radical (unpaired) electrons. The normalized spacial score (nSPS) is 10.4. The van der Waals surface area contributed by atoms with Gasteiger partial charge in [-0.15, -0.1) is 0 Å². The Bertz CT molecular complexity index is 397. The summed E-state index contributed by atoms with van der Waals surface area (Å²) in [5, 5.41) is 16.5.